The lowest BCUT2D eigenvalue weighted by atomic mass is 10.0. The third-order valence-corrected chi connectivity index (χ3v) is 2.95. The van der Waals surface area contributed by atoms with Gasteiger partial charge in [0.15, 0.2) is 0 Å². The number of halogens is 1. The lowest BCUT2D eigenvalue weighted by Crippen LogP contribution is -2.27. The fourth-order valence-electron chi connectivity index (χ4n) is 1.59. The second-order valence-electron chi connectivity index (χ2n) is 3.80. The normalized spacial score (nSPS) is 13.2. The van der Waals surface area contributed by atoms with Gasteiger partial charge in [0.2, 0.25) is 0 Å². The first-order valence-corrected chi connectivity index (χ1v) is 5.95. The maximum Gasteiger partial charge on any atom is 0.0330 e. The zero-order valence-corrected chi connectivity index (χ0v) is 10.6. The number of hydrogen-bond donors (Lipinski definition) is 1. The van der Waals surface area contributed by atoms with E-state index in [0.29, 0.717) is 12.1 Å². The van der Waals surface area contributed by atoms with E-state index in [0.717, 1.165) is 6.42 Å². The summed E-state index contributed by atoms with van der Waals surface area (Å²) in [4.78, 5) is 0. The van der Waals surface area contributed by atoms with Gasteiger partial charge in [-0.3, -0.25) is 0 Å². The Hall–Kier alpha value is -0.340. The summed E-state index contributed by atoms with van der Waals surface area (Å²) in [6.45, 7) is 6.57. The fourth-order valence-corrected chi connectivity index (χ4v) is 2.15. The SMILES string of the molecule is CCC(NC(C)C)c1ccccc1Br. The predicted octanol–water partition coefficient (Wildman–Crippen LogP) is 3.90. The van der Waals surface area contributed by atoms with Crippen LogP contribution >= 0.6 is 15.9 Å². The first kappa shape index (κ1) is 11.7. The maximum absolute atomic E-state index is 3.59. The molecule has 0 spiro atoms. The zero-order chi connectivity index (χ0) is 10.6. The van der Waals surface area contributed by atoms with E-state index in [-0.39, 0.29) is 0 Å². The van der Waals surface area contributed by atoms with Crippen molar-refractivity contribution in [2.45, 2.75) is 39.3 Å². The summed E-state index contributed by atoms with van der Waals surface area (Å²) in [5.74, 6) is 0. The van der Waals surface area contributed by atoms with E-state index in [9.17, 15) is 0 Å². The quantitative estimate of drug-likeness (QED) is 0.861. The Bertz CT molecular complexity index is 283. The number of hydrogen-bond acceptors (Lipinski definition) is 1. The number of rotatable bonds is 4. The molecule has 1 atom stereocenters. The molecule has 0 aromatic heterocycles. The van der Waals surface area contributed by atoms with Gasteiger partial charge in [-0.1, -0.05) is 54.9 Å². The van der Waals surface area contributed by atoms with E-state index in [1.807, 2.05) is 0 Å². The van der Waals surface area contributed by atoms with E-state index in [1.54, 1.807) is 0 Å². The van der Waals surface area contributed by atoms with Crippen molar-refractivity contribution in [2.75, 3.05) is 0 Å². The number of benzene rings is 1. The van der Waals surface area contributed by atoms with Crippen molar-refractivity contribution in [2.24, 2.45) is 0 Å². The second-order valence-corrected chi connectivity index (χ2v) is 4.66. The molecule has 0 aliphatic rings. The van der Waals surface area contributed by atoms with Gasteiger partial charge in [-0.2, -0.15) is 0 Å². The Morgan fingerprint density at radius 1 is 1.29 bits per heavy atom. The van der Waals surface area contributed by atoms with Crippen LogP contribution < -0.4 is 5.32 Å². The summed E-state index contributed by atoms with van der Waals surface area (Å²) in [5.41, 5.74) is 1.35. The summed E-state index contributed by atoms with van der Waals surface area (Å²) < 4.78 is 1.19. The number of nitrogens with one attached hydrogen (secondary N) is 1. The summed E-state index contributed by atoms with van der Waals surface area (Å²) in [7, 11) is 0. The highest BCUT2D eigenvalue weighted by Crippen LogP contribution is 2.25. The molecule has 0 heterocycles. The highest BCUT2D eigenvalue weighted by Gasteiger charge is 2.12. The van der Waals surface area contributed by atoms with Gasteiger partial charge in [0.1, 0.15) is 0 Å². The van der Waals surface area contributed by atoms with Crippen molar-refractivity contribution in [3.8, 4) is 0 Å². The van der Waals surface area contributed by atoms with Gasteiger partial charge in [0.05, 0.1) is 0 Å². The minimum atomic E-state index is 0.450. The van der Waals surface area contributed by atoms with Gasteiger partial charge >= 0.3 is 0 Å². The lowest BCUT2D eigenvalue weighted by Gasteiger charge is -2.21. The molecule has 0 aliphatic carbocycles. The van der Waals surface area contributed by atoms with E-state index >= 15 is 0 Å². The van der Waals surface area contributed by atoms with Gasteiger partial charge in [0, 0.05) is 16.6 Å². The van der Waals surface area contributed by atoms with Gasteiger partial charge < -0.3 is 5.32 Å². The summed E-state index contributed by atoms with van der Waals surface area (Å²) in [6, 6.07) is 9.38. The molecule has 1 rings (SSSR count). The van der Waals surface area contributed by atoms with Crippen LogP contribution in [0.1, 0.15) is 38.8 Å². The standard InChI is InChI=1S/C12H18BrN/c1-4-12(14-9(2)3)10-7-5-6-8-11(10)13/h5-9,12,14H,4H2,1-3H3. The summed E-state index contributed by atoms with van der Waals surface area (Å²) in [5, 5.41) is 3.56. The molecule has 0 bridgehead atoms. The van der Waals surface area contributed by atoms with Crippen molar-refractivity contribution in [3.63, 3.8) is 0 Å². The average Bonchev–Trinajstić information content (AvgIpc) is 2.15. The fraction of sp³-hybridized carbons (Fsp3) is 0.500. The van der Waals surface area contributed by atoms with Gasteiger partial charge in [-0.15, -0.1) is 0 Å². The maximum atomic E-state index is 3.59. The van der Waals surface area contributed by atoms with Crippen molar-refractivity contribution >= 4 is 15.9 Å². The summed E-state index contributed by atoms with van der Waals surface area (Å²) >= 11 is 3.59. The van der Waals surface area contributed by atoms with Crippen molar-refractivity contribution < 1.29 is 0 Å². The second kappa shape index (κ2) is 5.52. The van der Waals surface area contributed by atoms with Crippen LogP contribution in [0.3, 0.4) is 0 Å². The van der Waals surface area contributed by atoms with Gasteiger partial charge in [-0.05, 0) is 18.1 Å². The average molecular weight is 256 g/mol. The predicted molar refractivity (Wildman–Crippen MR) is 65.4 cm³/mol. The van der Waals surface area contributed by atoms with Crippen LogP contribution in [-0.4, -0.2) is 6.04 Å². The molecule has 1 nitrogen and oxygen atoms in total. The largest absolute Gasteiger partial charge is 0.308 e. The molecule has 0 fully saturated rings. The molecule has 0 saturated heterocycles. The molecule has 14 heavy (non-hydrogen) atoms. The molecular weight excluding hydrogens is 238 g/mol. The molecule has 1 aromatic rings. The molecule has 1 aromatic carbocycles. The van der Waals surface area contributed by atoms with E-state index < -0.39 is 0 Å². The molecule has 2 heteroatoms. The minimum Gasteiger partial charge on any atom is -0.308 e. The minimum absolute atomic E-state index is 0.450. The van der Waals surface area contributed by atoms with Crippen molar-refractivity contribution in [1.29, 1.82) is 0 Å². The lowest BCUT2D eigenvalue weighted by molar-refractivity contribution is 0.465. The smallest absolute Gasteiger partial charge is 0.0330 e. The highest BCUT2D eigenvalue weighted by molar-refractivity contribution is 9.10. The first-order valence-electron chi connectivity index (χ1n) is 5.15. The summed E-state index contributed by atoms with van der Waals surface area (Å²) in [6.07, 6.45) is 1.11. The van der Waals surface area contributed by atoms with Crippen LogP contribution in [-0.2, 0) is 0 Å². The third kappa shape index (κ3) is 3.10. The van der Waals surface area contributed by atoms with Crippen molar-refractivity contribution in [3.05, 3.63) is 34.3 Å². The Kier molecular flexibility index (Phi) is 4.63. The van der Waals surface area contributed by atoms with E-state index in [1.165, 1.54) is 10.0 Å². The van der Waals surface area contributed by atoms with Gasteiger partial charge in [0.25, 0.3) is 0 Å². The molecule has 0 aliphatic heterocycles. The molecule has 78 valence electrons. The highest BCUT2D eigenvalue weighted by atomic mass is 79.9. The van der Waals surface area contributed by atoms with E-state index in [2.05, 4.69) is 66.3 Å². The zero-order valence-electron chi connectivity index (χ0n) is 9.05. The van der Waals surface area contributed by atoms with Crippen LogP contribution in [0.2, 0.25) is 0 Å². The van der Waals surface area contributed by atoms with E-state index in [4.69, 9.17) is 0 Å². The van der Waals surface area contributed by atoms with Crippen LogP contribution in [0, 0.1) is 0 Å². The van der Waals surface area contributed by atoms with Crippen LogP contribution in [0.25, 0.3) is 0 Å². The Morgan fingerprint density at radius 3 is 2.43 bits per heavy atom. The topological polar surface area (TPSA) is 12.0 Å². The first-order chi connectivity index (χ1) is 6.65. The van der Waals surface area contributed by atoms with Gasteiger partial charge in [-0.25, -0.2) is 0 Å². The van der Waals surface area contributed by atoms with Crippen molar-refractivity contribution in [1.82, 2.24) is 5.32 Å². The molecule has 0 radical (unpaired) electrons. The monoisotopic (exact) mass is 255 g/mol. The molecule has 0 amide bonds. The van der Waals surface area contributed by atoms with Crippen LogP contribution in [0.5, 0.6) is 0 Å². The molecular formula is C12H18BrN. The molecule has 0 saturated carbocycles. The molecule has 1 N–H and O–H groups in total. The Balaban J connectivity index is 2.83. The van der Waals surface area contributed by atoms with Crippen LogP contribution in [0.4, 0.5) is 0 Å². The Morgan fingerprint density at radius 2 is 1.93 bits per heavy atom. The van der Waals surface area contributed by atoms with Crippen LogP contribution in [0.15, 0.2) is 28.7 Å². The molecule has 1 unspecified atom stereocenters. The Labute approximate surface area is 95.0 Å². The third-order valence-electron chi connectivity index (χ3n) is 2.22.